The number of esters is 1. The SMILES string of the molecule is CCNc1nc(C(=O)OC)ccc1C1CC2(CCN1Cc1c(OC)cc(C)c3c1ccn3C(=O)OC(C)(C)C)CC(F)(F)C2. The van der Waals surface area contributed by atoms with Gasteiger partial charge in [-0.25, -0.2) is 23.4 Å². The van der Waals surface area contributed by atoms with Gasteiger partial charge < -0.3 is 19.5 Å². The van der Waals surface area contributed by atoms with E-state index in [0.717, 1.165) is 27.6 Å². The van der Waals surface area contributed by atoms with Gasteiger partial charge in [0.15, 0.2) is 5.69 Å². The van der Waals surface area contributed by atoms with Gasteiger partial charge in [-0.3, -0.25) is 9.47 Å². The van der Waals surface area contributed by atoms with Crippen LogP contribution in [0.15, 0.2) is 30.5 Å². The number of anilines is 1. The van der Waals surface area contributed by atoms with Crippen molar-refractivity contribution in [3.63, 3.8) is 0 Å². The van der Waals surface area contributed by atoms with Crippen LogP contribution in [0.5, 0.6) is 5.75 Å². The fraction of sp³-hybridized carbons (Fsp3) is 0.545. The lowest BCUT2D eigenvalue weighted by molar-refractivity contribution is -0.186. The first kappa shape index (κ1) is 31.7. The third kappa shape index (κ3) is 6.11. The summed E-state index contributed by atoms with van der Waals surface area (Å²) in [4.78, 5) is 32.3. The smallest absolute Gasteiger partial charge is 0.419 e. The second kappa shape index (κ2) is 11.6. The van der Waals surface area contributed by atoms with E-state index in [1.54, 1.807) is 19.4 Å². The molecule has 2 fully saturated rings. The molecule has 0 amide bonds. The van der Waals surface area contributed by atoms with Gasteiger partial charge in [0.25, 0.3) is 0 Å². The van der Waals surface area contributed by atoms with Crippen molar-refractivity contribution in [3.8, 4) is 5.75 Å². The summed E-state index contributed by atoms with van der Waals surface area (Å²) < 4.78 is 46.5. The molecule has 1 atom stereocenters. The Labute approximate surface area is 256 Å². The Morgan fingerprint density at radius 1 is 1.16 bits per heavy atom. The molecule has 2 aromatic heterocycles. The van der Waals surface area contributed by atoms with E-state index in [4.69, 9.17) is 14.2 Å². The number of rotatable bonds is 7. The van der Waals surface area contributed by atoms with Crippen molar-refractivity contribution >= 4 is 28.8 Å². The molecule has 3 heterocycles. The Kier molecular flexibility index (Phi) is 8.39. The highest BCUT2D eigenvalue weighted by Crippen LogP contribution is 2.61. The molecule has 1 saturated carbocycles. The molecule has 1 N–H and O–H groups in total. The number of pyridine rings is 1. The largest absolute Gasteiger partial charge is 0.496 e. The minimum atomic E-state index is -2.65. The molecule has 5 rings (SSSR count). The van der Waals surface area contributed by atoms with Gasteiger partial charge in [0.1, 0.15) is 17.2 Å². The Morgan fingerprint density at radius 2 is 1.89 bits per heavy atom. The zero-order valence-electron chi connectivity index (χ0n) is 26.6. The first-order valence-corrected chi connectivity index (χ1v) is 15.1. The number of halogens is 2. The number of aryl methyl sites for hydroxylation is 1. The Morgan fingerprint density at radius 3 is 2.50 bits per heavy atom. The van der Waals surface area contributed by atoms with Crippen LogP contribution in [0.2, 0.25) is 0 Å². The molecule has 0 bridgehead atoms. The number of nitrogens with one attached hydrogen (secondary N) is 1. The Balaban J connectivity index is 1.58. The van der Waals surface area contributed by atoms with E-state index in [2.05, 4.69) is 15.2 Å². The van der Waals surface area contributed by atoms with Crippen LogP contribution < -0.4 is 10.1 Å². The van der Waals surface area contributed by atoms with Gasteiger partial charge in [-0.15, -0.1) is 0 Å². The molecular weight excluding hydrogens is 570 g/mol. The van der Waals surface area contributed by atoms with Gasteiger partial charge in [0, 0.05) is 54.7 Å². The second-order valence-corrected chi connectivity index (χ2v) is 13.1. The number of ether oxygens (including phenoxy) is 3. The molecule has 1 aliphatic heterocycles. The number of alkyl halides is 2. The zero-order valence-corrected chi connectivity index (χ0v) is 26.6. The number of hydrogen-bond acceptors (Lipinski definition) is 8. The number of carbonyl (C=O) groups is 2. The summed E-state index contributed by atoms with van der Waals surface area (Å²) in [6, 6.07) is 7.03. The van der Waals surface area contributed by atoms with Crippen molar-refractivity contribution in [2.24, 2.45) is 5.41 Å². The summed E-state index contributed by atoms with van der Waals surface area (Å²) in [5.74, 6) is -1.99. The average molecular weight is 613 g/mol. The molecule has 2 aliphatic rings. The summed E-state index contributed by atoms with van der Waals surface area (Å²) in [5.41, 5.74) is 2.36. The van der Waals surface area contributed by atoms with E-state index >= 15 is 0 Å². The maximum absolute atomic E-state index is 14.3. The lowest BCUT2D eigenvalue weighted by Gasteiger charge is -2.54. The lowest BCUT2D eigenvalue weighted by atomic mass is 9.59. The van der Waals surface area contributed by atoms with Crippen LogP contribution in [-0.4, -0.2) is 65.3 Å². The van der Waals surface area contributed by atoms with Crippen molar-refractivity contribution in [3.05, 3.63) is 52.8 Å². The number of fused-ring (bicyclic) bond motifs is 1. The van der Waals surface area contributed by atoms with Crippen molar-refractivity contribution in [1.82, 2.24) is 14.5 Å². The number of methoxy groups -OCH3 is 2. The van der Waals surface area contributed by atoms with Gasteiger partial charge in [0.05, 0.1) is 19.7 Å². The fourth-order valence-corrected chi connectivity index (χ4v) is 6.88. The van der Waals surface area contributed by atoms with Crippen LogP contribution in [0.1, 0.15) is 86.6 Å². The van der Waals surface area contributed by atoms with Gasteiger partial charge in [-0.05, 0) is 83.2 Å². The van der Waals surface area contributed by atoms with Crippen LogP contribution in [0.25, 0.3) is 10.9 Å². The summed E-state index contributed by atoms with van der Waals surface area (Å²) in [6.07, 6.45) is 2.14. The molecule has 238 valence electrons. The number of nitrogens with zero attached hydrogens (tertiary/aromatic N) is 3. The minimum absolute atomic E-state index is 0.134. The van der Waals surface area contributed by atoms with Crippen LogP contribution >= 0.6 is 0 Å². The summed E-state index contributed by atoms with van der Waals surface area (Å²) in [6.45, 7) is 10.9. The van der Waals surface area contributed by atoms with Gasteiger partial charge in [-0.2, -0.15) is 0 Å². The lowest BCUT2D eigenvalue weighted by Crippen LogP contribution is -2.53. The van der Waals surface area contributed by atoms with Crippen molar-refractivity contribution in [1.29, 1.82) is 0 Å². The van der Waals surface area contributed by atoms with Crippen LogP contribution in [0.3, 0.4) is 0 Å². The predicted molar refractivity (Wildman–Crippen MR) is 164 cm³/mol. The van der Waals surface area contributed by atoms with Gasteiger partial charge in [0.2, 0.25) is 5.92 Å². The molecule has 1 unspecified atom stereocenters. The molecule has 9 nitrogen and oxygen atoms in total. The fourth-order valence-electron chi connectivity index (χ4n) is 6.88. The van der Waals surface area contributed by atoms with E-state index < -0.39 is 29.0 Å². The first-order chi connectivity index (χ1) is 20.7. The van der Waals surface area contributed by atoms with Crippen molar-refractivity contribution < 1.29 is 32.6 Å². The Bertz CT molecular complexity index is 1570. The quantitative estimate of drug-likeness (QED) is 0.282. The second-order valence-electron chi connectivity index (χ2n) is 13.1. The molecule has 1 spiro atoms. The first-order valence-electron chi connectivity index (χ1n) is 15.1. The molecule has 11 heteroatoms. The zero-order chi connectivity index (χ0) is 32.0. The molecule has 44 heavy (non-hydrogen) atoms. The van der Waals surface area contributed by atoms with Crippen LogP contribution in [0, 0.1) is 12.3 Å². The highest BCUT2D eigenvalue weighted by molar-refractivity contribution is 5.95. The maximum atomic E-state index is 14.3. The number of carbonyl (C=O) groups excluding carboxylic acids is 2. The van der Waals surface area contributed by atoms with E-state index in [1.165, 1.54) is 11.7 Å². The normalized spacial score (nSPS) is 19.4. The topological polar surface area (TPSA) is 94.9 Å². The number of hydrogen-bond donors (Lipinski definition) is 1. The molecule has 1 aromatic carbocycles. The van der Waals surface area contributed by atoms with Crippen LogP contribution in [-0.2, 0) is 16.0 Å². The van der Waals surface area contributed by atoms with E-state index in [9.17, 15) is 18.4 Å². The summed E-state index contributed by atoms with van der Waals surface area (Å²) in [7, 11) is 2.92. The average Bonchev–Trinajstić information content (AvgIpc) is 3.39. The monoisotopic (exact) mass is 612 g/mol. The predicted octanol–water partition coefficient (Wildman–Crippen LogP) is 7.11. The number of aromatic nitrogens is 2. The highest BCUT2D eigenvalue weighted by atomic mass is 19.3. The third-order valence-electron chi connectivity index (χ3n) is 8.69. The van der Waals surface area contributed by atoms with Gasteiger partial charge >= 0.3 is 12.1 Å². The van der Waals surface area contributed by atoms with E-state index in [1.807, 2.05) is 52.8 Å². The minimum Gasteiger partial charge on any atom is -0.496 e. The number of likely N-dealkylation sites (tertiary alicyclic amines) is 1. The number of benzene rings is 1. The van der Waals surface area contributed by atoms with E-state index in [-0.39, 0.29) is 24.6 Å². The third-order valence-corrected chi connectivity index (χ3v) is 8.69. The van der Waals surface area contributed by atoms with Gasteiger partial charge in [-0.1, -0.05) is 6.07 Å². The molecular formula is C33H42F2N4O5. The van der Waals surface area contributed by atoms with E-state index in [0.29, 0.717) is 44.0 Å². The molecule has 1 aliphatic carbocycles. The number of piperidine rings is 1. The van der Waals surface area contributed by atoms with Crippen molar-refractivity contribution in [2.75, 3.05) is 32.6 Å². The standard InChI is InChI=1S/C33H42F2N4O5/c1-8-36-28-22(9-10-24(37-28)29(40)43-7)25-16-32(18-33(34,35)19-32)12-14-38(25)17-23-21-11-13-39(30(41)44-31(3,4)5)27(21)20(2)15-26(23)42-6/h9-11,13,15,25H,8,12,14,16-19H2,1-7H3,(H,36,37). The summed E-state index contributed by atoms with van der Waals surface area (Å²) in [5, 5.41) is 4.13. The molecule has 0 radical (unpaired) electrons. The molecule has 1 saturated heterocycles. The highest BCUT2D eigenvalue weighted by Gasteiger charge is 2.58. The Hall–Kier alpha value is -3.73. The van der Waals surface area contributed by atoms with Crippen LogP contribution in [0.4, 0.5) is 19.4 Å². The van der Waals surface area contributed by atoms with Crippen molar-refractivity contribution in [2.45, 2.75) is 84.4 Å². The maximum Gasteiger partial charge on any atom is 0.419 e. The summed E-state index contributed by atoms with van der Waals surface area (Å²) >= 11 is 0. The molecule has 3 aromatic rings.